The second-order valence-corrected chi connectivity index (χ2v) is 7.27. The number of hydrogen-bond donors (Lipinski definition) is 2. The Morgan fingerprint density at radius 3 is 2.64 bits per heavy atom. The van der Waals surface area contributed by atoms with E-state index in [1.807, 2.05) is 13.0 Å². The lowest BCUT2D eigenvalue weighted by Crippen LogP contribution is -2.38. The van der Waals surface area contributed by atoms with Crippen molar-refractivity contribution in [3.8, 4) is 0 Å². The zero-order valence-electron chi connectivity index (χ0n) is 13.1. The minimum atomic E-state index is -2.94. The summed E-state index contributed by atoms with van der Waals surface area (Å²) in [7, 11) is -2.94. The summed E-state index contributed by atoms with van der Waals surface area (Å²) in [6.07, 6.45) is 2.26. The van der Waals surface area contributed by atoms with E-state index in [0.717, 1.165) is 0 Å². The fourth-order valence-electron chi connectivity index (χ4n) is 1.88. The van der Waals surface area contributed by atoms with Gasteiger partial charge in [-0.2, -0.15) is 0 Å². The average Bonchev–Trinajstić information content (AvgIpc) is 2.44. The molecule has 0 heterocycles. The first-order valence-corrected chi connectivity index (χ1v) is 9.41. The predicted molar refractivity (Wildman–Crippen MR) is 88.4 cm³/mol. The van der Waals surface area contributed by atoms with E-state index < -0.39 is 9.84 Å². The van der Waals surface area contributed by atoms with Gasteiger partial charge in [0, 0.05) is 25.9 Å². The van der Waals surface area contributed by atoms with Crippen LogP contribution >= 0.6 is 0 Å². The standard InChI is InChI=1S/C15H24FN3O2S/c1-3-17-15(18-10-6-12-22(2,20)21)19-11-9-13-7-4-5-8-14(13)16/h4-5,7-8H,3,6,9-12H2,1-2H3,(H2,17,18,19). The van der Waals surface area contributed by atoms with E-state index in [4.69, 9.17) is 0 Å². The smallest absolute Gasteiger partial charge is 0.191 e. The molecule has 0 spiro atoms. The van der Waals surface area contributed by atoms with Crippen molar-refractivity contribution >= 4 is 15.8 Å². The Morgan fingerprint density at radius 1 is 1.27 bits per heavy atom. The third-order valence-electron chi connectivity index (χ3n) is 2.93. The summed E-state index contributed by atoms with van der Waals surface area (Å²) in [4.78, 5) is 4.31. The molecular weight excluding hydrogens is 305 g/mol. The summed E-state index contributed by atoms with van der Waals surface area (Å²) in [5, 5.41) is 6.19. The van der Waals surface area contributed by atoms with Crippen LogP contribution in [0.4, 0.5) is 4.39 Å². The van der Waals surface area contributed by atoms with Crippen molar-refractivity contribution < 1.29 is 12.8 Å². The van der Waals surface area contributed by atoms with Gasteiger partial charge in [-0.15, -0.1) is 0 Å². The Hall–Kier alpha value is -1.63. The minimum Gasteiger partial charge on any atom is -0.357 e. The van der Waals surface area contributed by atoms with Crippen molar-refractivity contribution in [2.24, 2.45) is 4.99 Å². The average molecular weight is 329 g/mol. The predicted octanol–water partition coefficient (Wildman–Crippen LogP) is 1.36. The van der Waals surface area contributed by atoms with Crippen LogP contribution in [0.15, 0.2) is 29.3 Å². The molecule has 1 rings (SSSR count). The molecule has 22 heavy (non-hydrogen) atoms. The molecule has 0 bridgehead atoms. The monoisotopic (exact) mass is 329 g/mol. The largest absolute Gasteiger partial charge is 0.357 e. The molecule has 0 aliphatic heterocycles. The molecule has 0 radical (unpaired) electrons. The molecule has 0 unspecified atom stereocenters. The lowest BCUT2D eigenvalue weighted by Gasteiger charge is -2.11. The van der Waals surface area contributed by atoms with Crippen molar-refractivity contribution in [3.05, 3.63) is 35.6 Å². The quantitative estimate of drug-likeness (QED) is 0.429. The van der Waals surface area contributed by atoms with Gasteiger partial charge in [-0.05, 0) is 31.4 Å². The first-order chi connectivity index (χ1) is 10.4. The summed E-state index contributed by atoms with van der Waals surface area (Å²) < 4.78 is 35.6. The molecular formula is C15H24FN3O2S. The molecule has 0 aromatic heterocycles. The van der Waals surface area contributed by atoms with E-state index in [2.05, 4.69) is 15.6 Å². The van der Waals surface area contributed by atoms with Gasteiger partial charge in [-0.25, -0.2) is 12.8 Å². The summed E-state index contributed by atoms with van der Waals surface area (Å²) in [6.45, 7) is 3.64. The van der Waals surface area contributed by atoms with E-state index in [0.29, 0.717) is 44.0 Å². The summed E-state index contributed by atoms with van der Waals surface area (Å²) in [5.74, 6) is 0.539. The van der Waals surface area contributed by atoms with Crippen molar-refractivity contribution in [1.29, 1.82) is 0 Å². The molecule has 5 nitrogen and oxygen atoms in total. The molecule has 0 aliphatic carbocycles. The highest BCUT2D eigenvalue weighted by molar-refractivity contribution is 7.90. The van der Waals surface area contributed by atoms with E-state index in [-0.39, 0.29) is 11.6 Å². The lowest BCUT2D eigenvalue weighted by atomic mass is 10.1. The summed E-state index contributed by atoms with van der Waals surface area (Å²) in [6, 6.07) is 6.68. The first kappa shape index (κ1) is 18.4. The fraction of sp³-hybridized carbons (Fsp3) is 0.533. The molecule has 0 saturated heterocycles. The molecule has 7 heteroatoms. The van der Waals surface area contributed by atoms with Crippen LogP contribution in [0.2, 0.25) is 0 Å². The van der Waals surface area contributed by atoms with Gasteiger partial charge in [0.15, 0.2) is 5.96 Å². The number of aliphatic imine (C=N–C) groups is 1. The number of nitrogens with one attached hydrogen (secondary N) is 2. The zero-order valence-corrected chi connectivity index (χ0v) is 13.9. The number of benzene rings is 1. The maximum absolute atomic E-state index is 13.5. The van der Waals surface area contributed by atoms with Crippen LogP contribution in [0, 0.1) is 5.82 Å². The van der Waals surface area contributed by atoms with Crippen LogP contribution in [-0.2, 0) is 16.3 Å². The molecule has 0 aliphatic rings. The molecule has 0 atom stereocenters. The van der Waals surface area contributed by atoms with Gasteiger partial charge in [0.2, 0.25) is 0 Å². The van der Waals surface area contributed by atoms with E-state index in [1.54, 1.807) is 12.1 Å². The minimum absolute atomic E-state index is 0.130. The van der Waals surface area contributed by atoms with Gasteiger partial charge in [-0.3, -0.25) is 4.99 Å². The molecule has 1 aromatic carbocycles. The van der Waals surface area contributed by atoms with Crippen molar-refractivity contribution in [3.63, 3.8) is 0 Å². The maximum Gasteiger partial charge on any atom is 0.191 e. The van der Waals surface area contributed by atoms with Crippen molar-refractivity contribution in [2.75, 3.05) is 31.6 Å². The molecule has 2 N–H and O–H groups in total. The maximum atomic E-state index is 13.5. The van der Waals surface area contributed by atoms with Gasteiger partial charge >= 0.3 is 0 Å². The highest BCUT2D eigenvalue weighted by Gasteiger charge is 2.03. The second kappa shape index (κ2) is 9.40. The third kappa shape index (κ3) is 7.97. The highest BCUT2D eigenvalue weighted by atomic mass is 32.2. The molecule has 124 valence electrons. The Balaban J connectivity index is 2.41. The summed E-state index contributed by atoms with van der Waals surface area (Å²) >= 11 is 0. The van der Waals surface area contributed by atoms with Gasteiger partial charge in [0.1, 0.15) is 15.7 Å². The van der Waals surface area contributed by atoms with E-state index in [1.165, 1.54) is 12.3 Å². The van der Waals surface area contributed by atoms with Gasteiger partial charge in [-0.1, -0.05) is 18.2 Å². The summed E-state index contributed by atoms with van der Waals surface area (Å²) in [5.41, 5.74) is 0.655. The Kier molecular flexibility index (Phi) is 7.87. The van der Waals surface area contributed by atoms with Crippen molar-refractivity contribution in [2.45, 2.75) is 19.8 Å². The first-order valence-electron chi connectivity index (χ1n) is 7.35. The lowest BCUT2D eigenvalue weighted by molar-refractivity contribution is 0.599. The number of nitrogens with zero attached hydrogens (tertiary/aromatic N) is 1. The van der Waals surface area contributed by atoms with Gasteiger partial charge < -0.3 is 10.6 Å². The van der Waals surface area contributed by atoms with Crippen LogP contribution in [0.1, 0.15) is 18.9 Å². The zero-order chi connectivity index (χ0) is 16.4. The number of rotatable bonds is 8. The normalized spacial score (nSPS) is 12.2. The Morgan fingerprint density at radius 2 is 2.00 bits per heavy atom. The Labute approximate surface area is 132 Å². The topological polar surface area (TPSA) is 70.6 Å². The van der Waals surface area contributed by atoms with E-state index >= 15 is 0 Å². The van der Waals surface area contributed by atoms with E-state index in [9.17, 15) is 12.8 Å². The number of guanidine groups is 1. The molecule has 0 amide bonds. The van der Waals surface area contributed by atoms with Crippen LogP contribution in [-0.4, -0.2) is 46.0 Å². The highest BCUT2D eigenvalue weighted by Crippen LogP contribution is 2.06. The molecule has 0 fully saturated rings. The third-order valence-corrected chi connectivity index (χ3v) is 3.96. The van der Waals surface area contributed by atoms with Crippen molar-refractivity contribution in [1.82, 2.24) is 10.6 Å². The Bertz CT molecular complexity index is 588. The van der Waals surface area contributed by atoms with Gasteiger partial charge in [0.25, 0.3) is 0 Å². The van der Waals surface area contributed by atoms with Crippen LogP contribution in [0.5, 0.6) is 0 Å². The molecule has 0 saturated carbocycles. The van der Waals surface area contributed by atoms with Crippen LogP contribution in [0.3, 0.4) is 0 Å². The SMILES string of the molecule is CCNC(=NCCCS(C)(=O)=O)NCCc1ccccc1F. The number of halogens is 1. The van der Waals surface area contributed by atoms with Gasteiger partial charge in [0.05, 0.1) is 5.75 Å². The molecule has 1 aromatic rings. The number of sulfone groups is 1. The fourth-order valence-corrected chi connectivity index (χ4v) is 2.53. The second-order valence-electron chi connectivity index (χ2n) is 5.01. The number of hydrogen-bond acceptors (Lipinski definition) is 3. The van der Waals surface area contributed by atoms with Crippen LogP contribution in [0.25, 0.3) is 0 Å². The van der Waals surface area contributed by atoms with Crippen LogP contribution < -0.4 is 10.6 Å².